The molecule has 0 aliphatic carbocycles. The normalized spacial score (nSPS) is 13.1. The molecule has 0 amide bonds. The van der Waals surface area contributed by atoms with Gasteiger partial charge in [-0.05, 0) is 24.6 Å². The molecule has 0 radical (unpaired) electrons. The number of halogens is 4. The Morgan fingerprint density at radius 1 is 1.35 bits per heavy atom. The lowest BCUT2D eigenvalue weighted by atomic mass is 10.0. The summed E-state index contributed by atoms with van der Waals surface area (Å²) in [5, 5.41) is 0. The van der Waals surface area contributed by atoms with Crippen LogP contribution in [-0.4, -0.2) is 19.6 Å². The van der Waals surface area contributed by atoms with Crippen LogP contribution in [0.1, 0.15) is 18.0 Å². The Morgan fingerprint density at radius 3 is 2.71 bits per heavy atom. The van der Waals surface area contributed by atoms with Crippen LogP contribution in [0.4, 0.5) is 13.2 Å². The van der Waals surface area contributed by atoms with Crippen molar-refractivity contribution >= 4 is 15.9 Å². The van der Waals surface area contributed by atoms with E-state index in [2.05, 4.69) is 15.9 Å². The number of nitrogens with two attached hydrogens (primary N) is 1. The van der Waals surface area contributed by atoms with Crippen LogP contribution in [0.15, 0.2) is 22.7 Å². The fourth-order valence-corrected chi connectivity index (χ4v) is 1.72. The Hall–Kier alpha value is -0.590. The van der Waals surface area contributed by atoms with Crippen LogP contribution >= 0.6 is 15.9 Å². The minimum atomic E-state index is -2.49. The van der Waals surface area contributed by atoms with Gasteiger partial charge in [0.15, 0.2) is 0 Å². The lowest BCUT2D eigenvalue weighted by Gasteiger charge is -2.13. The summed E-state index contributed by atoms with van der Waals surface area (Å²) in [4.78, 5) is 0. The quantitative estimate of drug-likeness (QED) is 0.818. The van der Waals surface area contributed by atoms with E-state index in [1.807, 2.05) is 0 Å². The Kier molecular flexibility index (Phi) is 5.94. The summed E-state index contributed by atoms with van der Waals surface area (Å²) in [5.74, 6) is -0.408. The van der Waals surface area contributed by atoms with Gasteiger partial charge < -0.3 is 10.5 Å². The average molecular weight is 312 g/mol. The van der Waals surface area contributed by atoms with Crippen molar-refractivity contribution in [1.82, 2.24) is 0 Å². The summed E-state index contributed by atoms with van der Waals surface area (Å²) >= 11 is 3.21. The number of benzene rings is 1. The molecule has 6 heteroatoms. The average Bonchev–Trinajstić information content (AvgIpc) is 2.27. The van der Waals surface area contributed by atoms with Crippen LogP contribution in [0.3, 0.4) is 0 Å². The molecule has 0 saturated carbocycles. The first kappa shape index (κ1) is 14.5. The molecule has 2 N–H and O–H groups in total. The maximum atomic E-state index is 13.4. The summed E-state index contributed by atoms with van der Waals surface area (Å²) in [6.45, 7) is -0.537. The minimum absolute atomic E-state index is 0.0808. The predicted molar refractivity (Wildman–Crippen MR) is 62.5 cm³/mol. The zero-order valence-electron chi connectivity index (χ0n) is 9.01. The van der Waals surface area contributed by atoms with Gasteiger partial charge in [0.2, 0.25) is 0 Å². The van der Waals surface area contributed by atoms with Gasteiger partial charge in [-0.1, -0.05) is 15.9 Å². The van der Waals surface area contributed by atoms with E-state index < -0.39 is 24.9 Å². The highest BCUT2D eigenvalue weighted by Gasteiger charge is 2.12. The van der Waals surface area contributed by atoms with Crippen molar-refractivity contribution in [3.63, 3.8) is 0 Å². The van der Waals surface area contributed by atoms with Crippen LogP contribution in [0.2, 0.25) is 0 Å². The number of ether oxygens (including phenoxy) is 1. The molecule has 0 fully saturated rings. The van der Waals surface area contributed by atoms with Gasteiger partial charge in [-0.3, -0.25) is 0 Å². The maximum absolute atomic E-state index is 13.4. The lowest BCUT2D eigenvalue weighted by Crippen LogP contribution is -2.16. The third-order valence-corrected chi connectivity index (χ3v) is 2.67. The van der Waals surface area contributed by atoms with Crippen molar-refractivity contribution in [3.8, 4) is 0 Å². The van der Waals surface area contributed by atoms with Gasteiger partial charge in [0.1, 0.15) is 12.4 Å². The molecule has 96 valence electrons. The zero-order chi connectivity index (χ0) is 12.8. The van der Waals surface area contributed by atoms with Crippen molar-refractivity contribution in [2.24, 2.45) is 5.73 Å². The summed E-state index contributed by atoms with van der Waals surface area (Å²) in [6, 6.07) is 3.89. The van der Waals surface area contributed by atoms with E-state index in [0.29, 0.717) is 12.0 Å². The van der Waals surface area contributed by atoms with Crippen molar-refractivity contribution in [3.05, 3.63) is 34.1 Å². The van der Waals surface area contributed by atoms with Gasteiger partial charge >= 0.3 is 0 Å². The van der Waals surface area contributed by atoms with E-state index in [0.717, 1.165) is 4.47 Å². The second-order valence-corrected chi connectivity index (χ2v) is 4.44. The predicted octanol–water partition coefficient (Wildman–Crippen LogP) is 3.26. The summed E-state index contributed by atoms with van der Waals surface area (Å²) < 4.78 is 42.4. The molecule has 0 bridgehead atoms. The second-order valence-electron chi connectivity index (χ2n) is 3.53. The van der Waals surface area contributed by atoms with Gasteiger partial charge in [0.05, 0.1) is 0 Å². The zero-order valence-corrected chi connectivity index (χ0v) is 10.6. The van der Waals surface area contributed by atoms with Crippen LogP contribution in [0.5, 0.6) is 0 Å². The fraction of sp³-hybridized carbons (Fsp3) is 0.455. The maximum Gasteiger partial charge on any atom is 0.261 e. The number of hydrogen-bond donors (Lipinski definition) is 1. The molecular weight excluding hydrogens is 299 g/mol. The highest BCUT2D eigenvalue weighted by Crippen LogP contribution is 2.22. The van der Waals surface area contributed by atoms with Crippen molar-refractivity contribution < 1.29 is 17.9 Å². The van der Waals surface area contributed by atoms with Crippen LogP contribution in [0, 0.1) is 5.82 Å². The molecule has 1 aromatic carbocycles. The molecule has 1 aromatic rings. The van der Waals surface area contributed by atoms with Crippen LogP contribution in [-0.2, 0) is 4.74 Å². The van der Waals surface area contributed by atoms with Gasteiger partial charge in [0.25, 0.3) is 6.43 Å². The fourth-order valence-electron chi connectivity index (χ4n) is 1.34. The lowest BCUT2D eigenvalue weighted by molar-refractivity contribution is 0.0151. The topological polar surface area (TPSA) is 35.2 Å². The van der Waals surface area contributed by atoms with E-state index >= 15 is 0 Å². The molecule has 1 rings (SSSR count). The molecule has 0 aromatic heterocycles. The van der Waals surface area contributed by atoms with Gasteiger partial charge in [-0.15, -0.1) is 0 Å². The second kappa shape index (κ2) is 6.98. The SMILES string of the molecule is NC(CCOCC(F)F)c1cc(Br)ccc1F. The Morgan fingerprint density at radius 2 is 2.06 bits per heavy atom. The molecule has 0 heterocycles. The van der Waals surface area contributed by atoms with E-state index in [1.54, 1.807) is 12.1 Å². The van der Waals surface area contributed by atoms with Gasteiger partial charge in [-0.2, -0.15) is 0 Å². The third-order valence-electron chi connectivity index (χ3n) is 2.17. The molecule has 1 atom stereocenters. The molecule has 0 saturated heterocycles. The highest BCUT2D eigenvalue weighted by atomic mass is 79.9. The van der Waals surface area contributed by atoms with Gasteiger partial charge in [-0.25, -0.2) is 13.2 Å². The number of alkyl halides is 2. The Labute approximate surface area is 106 Å². The van der Waals surface area contributed by atoms with E-state index in [1.165, 1.54) is 6.07 Å². The molecule has 1 unspecified atom stereocenters. The molecule has 0 aliphatic heterocycles. The van der Waals surface area contributed by atoms with E-state index in [4.69, 9.17) is 10.5 Å². The molecule has 0 aliphatic rings. The largest absolute Gasteiger partial charge is 0.375 e. The van der Waals surface area contributed by atoms with Crippen LogP contribution in [0.25, 0.3) is 0 Å². The smallest absolute Gasteiger partial charge is 0.261 e. The monoisotopic (exact) mass is 311 g/mol. The molecule has 0 spiro atoms. The van der Waals surface area contributed by atoms with Crippen molar-refractivity contribution in [2.75, 3.05) is 13.2 Å². The first-order valence-electron chi connectivity index (χ1n) is 5.07. The molecule has 2 nitrogen and oxygen atoms in total. The first-order chi connectivity index (χ1) is 8.00. The molecule has 17 heavy (non-hydrogen) atoms. The first-order valence-corrected chi connectivity index (χ1v) is 5.86. The van der Waals surface area contributed by atoms with Crippen molar-refractivity contribution in [2.45, 2.75) is 18.9 Å². The summed E-state index contributed by atoms with van der Waals surface area (Å²) in [7, 11) is 0. The van der Waals surface area contributed by atoms with E-state index in [-0.39, 0.29) is 6.61 Å². The standard InChI is InChI=1S/C11H13BrF3NO/c12-7-1-2-9(13)8(5-7)10(16)3-4-17-6-11(14)15/h1-2,5,10-11H,3-4,6,16H2. The summed E-state index contributed by atoms with van der Waals surface area (Å²) in [5.41, 5.74) is 6.10. The molecular formula is C11H13BrF3NO. The van der Waals surface area contributed by atoms with E-state index in [9.17, 15) is 13.2 Å². The highest BCUT2D eigenvalue weighted by molar-refractivity contribution is 9.10. The van der Waals surface area contributed by atoms with Crippen molar-refractivity contribution in [1.29, 1.82) is 0 Å². The minimum Gasteiger partial charge on any atom is -0.375 e. The summed E-state index contributed by atoms with van der Waals surface area (Å²) in [6.07, 6.45) is -2.20. The van der Waals surface area contributed by atoms with Gasteiger partial charge in [0, 0.05) is 22.7 Å². The number of hydrogen-bond acceptors (Lipinski definition) is 2. The van der Waals surface area contributed by atoms with Crippen LogP contribution < -0.4 is 5.73 Å². The number of rotatable bonds is 6. The Balaban J connectivity index is 2.46. The Bertz CT molecular complexity index is 363. The third kappa shape index (κ3) is 5.06.